The Morgan fingerprint density at radius 2 is 1.88 bits per heavy atom. The fraction of sp³-hybridized carbons (Fsp3) is 0.235. The van der Waals surface area contributed by atoms with E-state index in [9.17, 15) is 14.9 Å². The van der Waals surface area contributed by atoms with E-state index in [4.69, 9.17) is 9.47 Å². The van der Waals surface area contributed by atoms with Gasteiger partial charge in [0.05, 0.1) is 19.1 Å². The first-order valence-corrected chi connectivity index (χ1v) is 7.33. The number of non-ortho nitro benzene ring substituents is 1. The molecule has 7 heteroatoms. The molecule has 124 valence electrons. The van der Waals surface area contributed by atoms with Crippen molar-refractivity contribution in [2.24, 2.45) is 0 Å². The lowest BCUT2D eigenvalue weighted by molar-refractivity contribution is -0.384. The van der Waals surface area contributed by atoms with Crippen LogP contribution in [0.2, 0.25) is 0 Å². The summed E-state index contributed by atoms with van der Waals surface area (Å²) in [4.78, 5) is 22.6. The van der Waals surface area contributed by atoms with Gasteiger partial charge < -0.3 is 14.8 Å². The number of amides is 1. The van der Waals surface area contributed by atoms with E-state index in [-0.39, 0.29) is 23.9 Å². The highest BCUT2D eigenvalue weighted by molar-refractivity contribution is 5.96. The molecule has 0 aliphatic carbocycles. The third kappa shape index (κ3) is 2.76. The Labute approximate surface area is 138 Å². The maximum absolute atomic E-state index is 12.1. The topological polar surface area (TPSA) is 90.7 Å². The monoisotopic (exact) mass is 328 g/mol. The smallest absolute Gasteiger partial charge is 0.269 e. The minimum atomic E-state index is -0.443. The van der Waals surface area contributed by atoms with E-state index < -0.39 is 4.92 Å². The molecule has 1 atom stereocenters. The number of hydrogen-bond donors (Lipinski definition) is 1. The highest BCUT2D eigenvalue weighted by atomic mass is 16.6. The molecule has 0 bridgehead atoms. The second kappa shape index (κ2) is 6.19. The van der Waals surface area contributed by atoms with Crippen LogP contribution in [0.4, 0.5) is 11.4 Å². The first-order valence-electron chi connectivity index (χ1n) is 7.33. The van der Waals surface area contributed by atoms with Crippen molar-refractivity contribution in [1.82, 2.24) is 0 Å². The van der Waals surface area contributed by atoms with E-state index >= 15 is 0 Å². The lowest BCUT2D eigenvalue weighted by Crippen LogP contribution is -2.23. The SMILES string of the molecule is COc1cc2c(cc1OC)[C@@H](c1cccc([N+](=O)[O-])c1)CC(=O)N2. The zero-order chi connectivity index (χ0) is 17.3. The number of anilines is 1. The molecule has 0 spiro atoms. The number of ether oxygens (including phenoxy) is 2. The highest BCUT2D eigenvalue weighted by Gasteiger charge is 2.29. The minimum Gasteiger partial charge on any atom is -0.493 e. The Bertz CT molecular complexity index is 819. The number of nitro groups is 1. The molecular weight excluding hydrogens is 312 g/mol. The maximum Gasteiger partial charge on any atom is 0.269 e. The molecule has 24 heavy (non-hydrogen) atoms. The van der Waals surface area contributed by atoms with Crippen LogP contribution in [0.15, 0.2) is 36.4 Å². The van der Waals surface area contributed by atoms with Crippen molar-refractivity contribution in [3.05, 3.63) is 57.6 Å². The first kappa shape index (κ1) is 15.8. The standard InChI is InChI=1S/C17H16N2O5/c1-23-15-7-13-12(10-4-3-5-11(6-10)19(21)22)8-17(20)18-14(13)9-16(15)24-2/h3-7,9,12H,8H2,1-2H3,(H,18,20)/t12-/m1/s1. The summed E-state index contributed by atoms with van der Waals surface area (Å²) in [7, 11) is 3.06. The minimum absolute atomic E-state index is 0.000471. The van der Waals surface area contributed by atoms with Crippen LogP contribution in [0.3, 0.4) is 0 Å². The normalized spacial score (nSPS) is 16.1. The van der Waals surface area contributed by atoms with Gasteiger partial charge in [-0.15, -0.1) is 0 Å². The molecule has 1 N–H and O–H groups in total. The molecule has 0 unspecified atom stereocenters. The van der Waals surface area contributed by atoms with E-state index in [2.05, 4.69) is 5.32 Å². The Kier molecular flexibility index (Phi) is 4.07. The van der Waals surface area contributed by atoms with Gasteiger partial charge in [0, 0.05) is 36.2 Å². The summed E-state index contributed by atoms with van der Waals surface area (Å²) >= 11 is 0. The van der Waals surface area contributed by atoms with Gasteiger partial charge in [-0.05, 0) is 17.2 Å². The van der Waals surface area contributed by atoms with Crippen LogP contribution in [0.1, 0.15) is 23.5 Å². The number of methoxy groups -OCH3 is 2. The molecule has 0 aromatic heterocycles. The zero-order valence-corrected chi connectivity index (χ0v) is 13.2. The fourth-order valence-electron chi connectivity index (χ4n) is 2.94. The third-order valence-electron chi connectivity index (χ3n) is 4.08. The van der Waals surface area contributed by atoms with Crippen molar-refractivity contribution in [2.45, 2.75) is 12.3 Å². The Hall–Kier alpha value is -3.09. The van der Waals surface area contributed by atoms with Gasteiger partial charge >= 0.3 is 0 Å². The van der Waals surface area contributed by atoms with Gasteiger partial charge in [0.2, 0.25) is 5.91 Å². The number of rotatable bonds is 4. The van der Waals surface area contributed by atoms with Gasteiger partial charge in [-0.1, -0.05) is 12.1 Å². The van der Waals surface area contributed by atoms with Crippen LogP contribution in [-0.4, -0.2) is 25.1 Å². The highest BCUT2D eigenvalue weighted by Crippen LogP contribution is 2.43. The summed E-state index contributed by atoms with van der Waals surface area (Å²) in [6, 6.07) is 9.86. The van der Waals surface area contributed by atoms with Crippen molar-refractivity contribution < 1.29 is 19.2 Å². The second-order valence-corrected chi connectivity index (χ2v) is 5.45. The molecule has 2 aromatic rings. The molecule has 1 aliphatic rings. The van der Waals surface area contributed by atoms with Gasteiger partial charge in [-0.3, -0.25) is 14.9 Å². The molecule has 0 saturated heterocycles. The van der Waals surface area contributed by atoms with E-state index in [1.165, 1.54) is 26.4 Å². The first-order chi connectivity index (χ1) is 11.5. The van der Waals surface area contributed by atoms with Gasteiger partial charge in [0.1, 0.15) is 0 Å². The van der Waals surface area contributed by atoms with Gasteiger partial charge in [0.15, 0.2) is 11.5 Å². The van der Waals surface area contributed by atoms with Crippen molar-refractivity contribution in [2.75, 3.05) is 19.5 Å². The summed E-state index contributed by atoms with van der Waals surface area (Å²) in [6.45, 7) is 0. The van der Waals surface area contributed by atoms with Crippen LogP contribution in [0, 0.1) is 10.1 Å². The number of nitrogens with one attached hydrogen (secondary N) is 1. The van der Waals surface area contributed by atoms with Crippen LogP contribution in [0.25, 0.3) is 0 Å². The number of fused-ring (bicyclic) bond motifs is 1. The second-order valence-electron chi connectivity index (χ2n) is 5.45. The van der Waals surface area contributed by atoms with Crippen molar-refractivity contribution >= 4 is 17.3 Å². The molecule has 3 rings (SSSR count). The predicted octanol–water partition coefficient (Wildman–Crippen LogP) is 3.09. The fourth-order valence-corrected chi connectivity index (χ4v) is 2.94. The Morgan fingerprint density at radius 1 is 1.17 bits per heavy atom. The molecule has 7 nitrogen and oxygen atoms in total. The molecule has 0 radical (unpaired) electrons. The predicted molar refractivity (Wildman–Crippen MR) is 87.7 cm³/mol. The van der Waals surface area contributed by atoms with E-state index in [0.717, 1.165) is 5.56 Å². The van der Waals surface area contributed by atoms with Crippen LogP contribution in [-0.2, 0) is 4.79 Å². The van der Waals surface area contributed by atoms with Gasteiger partial charge in [0.25, 0.3) is 5.69 Å². The number of nitrogens with zero attached hydrogens (tertiary/aromatic N) is 1. The van der Waals surface area contributed by atoms with E-state index in [0.29, 0.717) is 22.7 Å². The van der Waals surface area contributed by atoms with Crippen molar-refractivity contribution in [1.29, 1.82) is 0 Å². The Morgan fingerprint density at radius 3 is 2.54 bits per heavy atom. The lowest BCUT2D eigenvalue weighted by Gasteiger charge is -2.27. The van der Waals surface area contributed by atoms with Crippen LogP contribution >= 0.6 is 0 Å². The van der Waals surface area contributed by atoms with Crippen LogP contribution in [0.5, 0.6) is 11.5 Å². The summed E-state index contributed by atoms with van der Waals surface area (Å²) in [5, 5.41) is 13.8. The lowest BCUT2D eigenvalue weighted by atomic mass is 9.84. The Balaban J connectivity index is 2.13. The molecule has 0 fully saturated rings. The number of carbonyl (C=O) groups is 1. The maximum atomic E-state index is 12.1. The third-order valence-corrected chi connectivity index (χ3v) is 4.08. The zero-order valence-electron chi connectivity index (χ0n) is 13.2. The molecule has 0 saturated carbocycles. The van der Waals surface area contributed by atoms with Crippen LogP contribution < -0.4 is 14.8 Å². The van der Waals surface area contributed by atoms with E-state index in [1.807, 2.05) is 0 Å². The average Bonchev–Trinajstić information content (AvgIpc) is 2.59. The largest absolute Gasteiger partial charge is 0.493 e. The van der Waals surface area contributed by atoms with Gasteiger partial charge in [-0.2, -0.15) is 0 Å². The average molecular weight is 328 g/mol. The molecular formula is C17H16N2O5. The quantitative estimate of drug-likeness (QED) is 0.688. The number of nitro benzene ring substituents is 1. The van der Waals surface area contributed by atoms with E-state index in [1.54, 1.807) is 24.3 Å². The van der Waals surface area contributed by atoms with Crippen molar-refractivity contribution in [3.8, 4) is 11.5 Å². The molecule has 1 heterocycles. The number of hydrogen-bond acceptors (Lipinski definition) is 5. The molecule has 2 aromatic carbocycles. The number of carbonyl (C=O) groups excluding carboxylic acids is 1. The number of benzene rings is 2. The summed E-state index contributed by atoms with van der Waals surface area (Å²) in [6.07, 6.45) is 0.212. The summed E-state index contributed by atoms with van der Waals surface area (Å²) in [5.41, 5.74) is 2.18. The molecule has 1 amide bonds. The van der Waals surface area contributed by atoms with Crippen molar-refractivity contribution in [3.63, 3.8) is 0 Å². The summed E-state index contributed by atoms with van der Waals surface area (Å²) < 4.78 is 10.6. The van der Waals surface area contributed by atoms with Gasteiger partial charge in [-0.25, -0.2) is 0 Å². The summed E-state index contributed by atoms with van der Waals surface area (Å²) in [5.74, 6) is 0.624. The molecule has 1 aliphatic heterocycles.